The molecule has 0 aromatic carbocycles. The molecule has 0 spiro atoms. The van der Waals surface area contributed by atoms with E-state index < -0.39 is 0 Å². The first-order valence-electron chi connectivity index (χ1n) is 6.45. The highest BCUT2D eigenvalue weighted by Crippen LogP contribution is 2.20. The third-order valence-corrected chi connectivity index (χ3v) is 3.17. The van der Waals surface area contributed by atoms with Crippen molar-refractivity contribution in [1.82, 2.24) is 14.3 Å². The molecule has 0 aliphatic heterocycles. The summed E-state index contributed by atoms with van der Waals surface area (Å²) >= 11 is 0. The van der Waals surface area contributed by atoms with Gasteiger partial charge in [0.2, 0.25) is 5.91 Å². The molecule has 6 nitrogen and oxygen atoms in total. The zero-order valence-electron chi connectivity index (χ0n) is 11.9. The van der Waals surface area contributed by atoms with E-state index in [1.807, 2.05) is 25.1 Å². The molecule has 0 saturated carbocycles. The van der Waals surface area contributed by atoms with Crippen LogP contribution >= 0.6 is 0 Å². The number of aldehydes is 1. The summed E-state index contributed by atoms with van der Waals surface area (Å²) in [6.07, 6.45) is 2.56. The molecular weight excluding hydrogens is 256 g/mol. The molecule has 2 aromatic rings. The van der Waals surface area contributed by atoms with Gasteiger partial charge < -0.3 is 9.80 Å². The summed E-state index contributed by atoms with van der Waals surface area (Å²) < 4.78 is 1.73. The fourth-order valence-corrected chi connectivity index (χ4v) is 1.99. The van der Waals surface area contributed by atoms with Crippen LogP contribution in [0.2, 0.25) is 0 Å². The van der Waals surface area contributed by atoms with Gasteiger partial charge in [0.15, 0.2) is 12.1 Å². The first-order chi connectivity index (χ1) is 9.58. The maximum Gasteiger partial charge on any atom is 0.241 e. The molecule has 0 fully saturated rings. The van der Waals surface area contributed by atoms with Crippen LogP contribution in [-0.2, 0) is 4.79 Å². The van der Waals surface area contributed by atoms with Crippen LogP contribution in [0.4, 0.5) is 5.82 Å². The first kappa shape index (κ1) is 14.0. The fourth-order valence-electron chi connectivity index (χ4n) is 1.99. The molecule has 0 aliphatic rings. The Morgan fingerprint density at radius 3 is 2.75 bits per heavy atom. The van der Waals surface area contributed by atoms with Gasteiger partial charge >= 0.3 is 0 Å². The molecule has 6 heteroatoms. The molecule has 0 aliphatic carbocycles. The minimum absolute atomic E-state index is 0.0271. The van der Waals surface area contributed by atoms with Crippen LogP contribution in [0.5, 0.6) is 0 Å². The number of pyridine rings is 1. The summed E-state index contributed by atoms with van der Waals surface area (Å²) in [5.74, 6) is 0.518. The molecule has 0 atom stereocenters. The minimum atomic E-state index is -0.0271. The Labute approximate surface area is 117 Å². The average molecular weight is 274 g/mol. The molecule has 20 heavy (non-hydrogen) atoms. The molecule has 0 N–H and O–H groups in total. The number of imidazole rings is 1. The second kappa shape index (κ2) is 5.73. The van der Waals surface area contributed by atoms with E-state index >= 15 is 0 Å². The van der Waals surface area contributed by atoms with Crippen LogP contribution in [0.15, 0.2) is 24.4 Å². The average Bonchev–Trinajstić information content (AvgIpc) is 2.82. The zero-order valence-corrected chi connectivity index (χ0v) is 11.9. The van der Waals surface area contributed by atoms with Crippen molar-refractivity contribution in [1.29, 1.82) is 0 Å². The quantitative estimate of drug-likeness (QED) is 0.765. The van der Waals surface area contributed by atoms with Crippen molar-refractivity contribution in [3.05, 3.63) is 30.1 Å². The number of hydrogen-bond acceptors (Lipinski definition) is 4. The molecule has 0 saturated heterocycles. The Hall–Kier alpha value is -2.37. The van der Waals surface area contributed by atoms with Crippen LogP contribution in [-0.4, -0.2) is 53.7 Å². The highest BCUT2D eigenvalue weighted by Gasteiger charge is 2.19. The van der Waals surface area contributed by atoms with E-state index in [0.717, 1.165) is 6.29 Å². The fraction of sp³-hybridized carbons (Fsp3) is 0.357. The van der Waals surface area contributed by atoms with E-state index in [4.69, 9.17) is 0 Å². The number of carbonyl (C=O) groups excluding carboxylic acids is 2. The lowest BCUT2D eigenvalue weighted by Gasteiger charge is -2.22. The Morgan fingerprint density at radius 2 is 2.15 bits per heavy atom. The second-order valence-electron chi connectivity index (χ2n) is 4.67. The van der Waals surface area contributed by atoms with E-state index in [2.05, 4.69) is 4.98 Å². The number of aromatic nitrogens is 2. The molecular formula is C14H18N4O2. The van der Waals surface area contributed by atoms with Gasteiger partial charge in [-0.05, 0) is 19.1 Å². The van der Waals surface area contributed by atoms with Gasteiger partial charge in [0.1, 0.15) is 11.3 Å². The number of likely N-dealkylation sites (N-methyl/N-ethyl adjacent to an activating group) is 2. The van der Waals surface area contributed by atoms with Crippen LogP contribution in [0.1, 0.15) is 17.4 Å². The van der Waals surface area contributed by atoms with E-state index in [0.29, 0.717) is 23.7 Å². The Bertz CT molecular complexity index is 633. The van der Waals surface area contributed by atoms with Crippen LogP contribution < -0.4 is 4.90 Å². The van der Waals surface area contributed by atoms with Gasteiger partial charge in [-0.3, -0.25) is 14.0 Å². The second-order valence-corrected chi connectivity index (χ2v) is 4.67. The van der Waals surface area contributed by atoms with Crippen molar-refractivity contribution in [2.24, 2.45) is 0 Å². The van der Waals surface area contributed by atoms with Crippen molar-refractivity contribution in [3.8, 4) is 0 Å². The lowest BCUT2D eigenvalue weighted by molar-refractivity contribution is -0.127. The van der Waals surface area contributed by atoms with Gasteiger partial charge in [-0.15, -0.1) is 0 Å². The third kappa shape index (κ3) is 2.49. The molecule has 0 unspecified atom stereocenters. The third-order valence-electron chi connectivity index (χ3n) is 3.17. The number of nitrogens with zero attached hydrogens (tertiary/aromatic N) is 4. The van der Waals surface area contributed by atoms with E-state index in [-0.39, 0.29) is 12.5 Å². The normalized spacial score (nSPS) is 10.6. The van der Waals surface area contributed by atoms with Gasteiger partial charge in [-0.2, -0.15) is 0 Å². The Morgan fingerprint density at radius 1 is 1.40 bits per heavy atom. The van der Waals surface area contributed by atoms with Gasteiger partial charge in [-0.1, -0.05) is 6.07 Å². The van der Waals surface area contributed by atoms with Gasteiger partial charge in [-0.25, -0.2) is 4.98 Å². The molecule has 0 bridgehead atoms. The Balaban J connectivity index is 2.43. The summed E-state index contributed by atoms with van der Waals surface area (Å²) in [6, 6.07) is 5.53. The Kier molecular flexibility index (Phi) is 4.02. The maximum absolute atomic E-state index is 11.9. The van der Waals surface area contributed by atoms with Crippen molar-refractivity contribution in [2.45, 2.75) is 6.92 Å². The molecule has 2 aromatic heterocycles. The number of fused-ring (bicyclic) bond motifs is 1. The predicted molar refractivity (Wildman–Crippen MR) is 77.2 cm³/mol. The number of hydrogen-bond donors (Lipinski definition) is 0. The van der Waals surface area contributed by atoms with Crippen molar-refractivity contribution in [2.75, 3.05) is 32.1 Å². The zero-order chi connectivity index (χ0) is 14.7. The largest absolute Gasteiger partial charge is 0.347 e. The van der Waals surface area contributed by atoms with E-state index in [1.165, 1.54) is 4.90 Å². The molecule has 2 rings (SSSR count). The number of rotatable bonds is 5. The monoisotopic (exact) mass is 274 g/mol. The topological polar surface area (TPSA) is 57.9 Å². The number of carbonyl (C=O) groups is 2. The summed E-state index contributed by atoms with van der Waals surface area (Å²) in [5, 5.41) is 0. The highest BCUT2D eigenvalue weighted by molar-refractivity contribution is 5.86. The van der Waals surface area contributed by atoms with E-state index in [9.17, 15) is 9.59 Å². The first-order valence-corrected chi connectivity index (χ1v) is 6.45. The van der Waals surface area contributed by atoms with Crippen LogP contribution in [0.25, 0.3) is 5.65 Å². The van der Waals surface area contributed by atoms with Gasteiger partial charge in [0.05, 0.1) is 6.54 Å². The van der Waals surface area contributed by atoms with Crippen LogP contribution in [0.3, 0.4) is 0 Å². The predicted octanol–water partition coefficient (Wildman–Crippen LogP) is 1.06. The minimum Gasteiger partial charge on any atom is -0.347 e. The lowest BCUT2D eigenvalue weighted by Crippen LogP contribution is -2.37. The molecule has 1 amide bonds. The smallest absolute Gasteiger partial charge is 0.241 e. The van der Waals surface area contributed by atoms with Crippen molar-refractivity contribution >= 4 is 23.7 Å². The molecule has 0 radical (unpaired) electrons. The van der Waals surface area contributed by atoms with Gasteiger partial charge in [0.25, 0.3) is 0 Å². The standard InChI is InChI=1S/C14H18N4O2/c1-4-17(9-13(20)16(2)3)14-11(10-19)18-8-6-5-7-12(18)15-14/h5-8,10H,4,9H2,1-3H3. The summed E-state index contributed by atoms with van der Waals surface area (Å²) in [7, 11) is 3.42. The van der Waals surface area contributed by atoms with Crippen molar-refractivity contribution < 1.29 is 9.59 Å². The SMILES string of the molecule is CCN(CC(=O)N(C)C)c1nc2ccccn2c1C=O. The lowest BCUT2D eigenvalue weighted by atomic mass is 10.3. The highest BCUT2D eigenvalue weighted by atomic mass is 16.2. The van der Waals surface area contributed by atoms with E-state index in [1.54, 1.807) is 29.6 Å². The number of amides is 1. The summed E-state index contributed by atoms with van der Waals surface area (Å²) in [6.45, 7) is 2.74. The maximum atomic E-state index is 11.9. The summed E-state index contributed by atoms with van der Waals surface area (Å²) in [5.41, 5.74) is 1.16. The van der Waals surface area contributed by atoms with Crippen molar-refractivity contribution in [3.63, 3.8) is 0 Å². The van der Waals surface area contributed by atoms with Crippen LogP contribution in [0, 0.1) is 0 Å². The van der Waals surface area contributed by atoms with Gasteiger partial charge in [0, 0.05) is 26.8 Å². The molecule has 2 heterocycles. The molecule has 106 valence electrons. The number of anilines is 1. The summed E-state index contributed by atoms with van der Waals surface area (Å²) in [4.78, 5) is 31.0.